The molecule has 0 fully saturated rings. The summed E-state index contributed by atoms with van der Waals surface area (Å²) in [6.45, 7) is 0. The summed E-state index contributed by atoms with van der Waals surface area (Å²) in [5.41, 5.74) is 9.02. The SMILES string of the molecule is COc1cc(NC(=O)C(N)Cc2ccccc2)ccc1SCc1ccccc1.Cl. The van der Waals surface area contributed by atoms with Crippen LogP contribution in [0.1, 0.15) is 11.1 Å². The van der Waals surface area contributed by atoms with Gasteiger partial charge < -0.3 is 15.8 Å². The van der Waals surface area contributed by atoms with Crippen molar-refractivity contribution in [1.82, 2.24) is 0 Å². The molecular formula is C23H25ClN2O2S. The lowest BCUT2D eigenvalue weighted by atomic mass is 10.1. The van der Waals surface area contributed by atoms with E-state index in [1.165, 1.54) is 5.56 Å². The molecule has 0 saturated carbocycles. The third-order valence-electron chi connectivity index (χ3n) is 4.30. The lowest BCUT2D eigenvalue weighted by Gasteiger charge is -2.14. The molecule has 0 saturated heterocycles. The first-order valence-electron chi connectivity index (χ1n) is 9.11. The van der Waals surface area contributed by atoms with Crippen molar-refractivity contribution in [1.29, 1.82) is 0 Å². The number of rotatable bonds is 8. The van der Waals surface area contributed by atoms with Gasteiger partial charge in [0.05, 0.1) is 13.2 Å². The van der Waals surface area contributed by atoms with Crippen LogP contribution in [0.2, 0.25) is 0 Å². The molecule has 1 amide bonds. The number of nitrogens with two attached hydrogens (primary N) is 1. The van der Waals surface area contributed by atoms with E-state index < -0.39 is 6.04 Å². The van der Waals surface area contributed by atoms with Gasteiger partial charge in [-0.3, -0.25) is 4.79 Å². The zero-order valence-electron chi connectivity index (χ0n) is 16.2. The van der Waals surface area contributed by atoms with Gasteiger partial charge in [0.1, 0.15) is 5.75 Å². The smallest absolute Gasteiger partial charge is 0.241 e. The monoisotopic (exact) mass is 428 g/mol. The van der Waals surface area contributed by atoms with Crippen molar-refractivity contribution in [2.75, 3.05) is 12.4 Å². The molecule has 152 valence electrons. The van der Waals surface area contributed by atoms with Crippen LogP contribution in [0.15, 0.2) is 83.8 Å². The second-order valence-corrected chi connectivity index (χ2v) is 7.44. The number of halogens is 1. The molecule has 1 atom stereocenters. The fraction of sp³-hybridized carbons (Fsp3) is 0.174. The van der Waals surface area contributed by atoms with Gasteiger partial charge >= 0.3 is 0 Å². The standard InChI is InChI=1S/C23H24N2O2S.ClH/c1-27-21-15-19(12-13-22(21)28-16-18-10-6-3-7-11-18)25-23(26)20(24)14-17-8-4-2-5-9-17;/h2-13,15,20H,14,16,24H2,1H3,(H,25,26);1H. The largest absolute Gasteiger partial charge is 0.496 e. The van der Waals surface area contributed by atoms with Crippen molar-refractivity contribution in [3.63, 3.8) is 0 Å². The molecule has 0 radical (unpaired) electrons. The van der Waals surface area contributed by atoms with Gasteiger partial charge in [0.15, 0.2) is 0 Å². The van der Waals surface area contributed by atoms with Crippen molar-refractivity contribution >= 4 is 35.8 Å². The van der Waals surface area contributed by atoms with E-state index in [4.69, 9.17) is 10.5 Å². The van der Waals surface area contributed by atoms with Crippen molar-refractivity contribution in [2.24, 2.45) is 5.73 Å². The van der Waals surface area contributed by atoms with E-state index in [9.17, 15) is 4.79 Å². The van der Waals surface area contributed by atoms with E-state index >= 15 is 0 Å². The number of hydrogen-bond donors (Lipinski definition) is 2. The highest BCUT2D eigenvalue weighted by molar-refractivity contribution is 7.98. The number of nitrogens with one attached hydrogen (secondary N) is 1. The Morgan fingerprint density at radius 2 is 1.62 bits per heavy atom. The third kappa shape index (κ3) is 6.82. The van der Waals surface area contributed by atoms with Crippen LogP contribution in [0, 0.1) is 0 Å². The third-order valence-corrected chi connectivity index (χ3v) is 5.43. The fourth-order valence-corrected chi connectivity index (χ4v) is 3.76. The molecule has 0 aliphatic heterocycles. The Balaban J connectivity index is 0.00000300. The van der Waals surface area contributed by atoms with Crippen molar-refractivity contribution < 1.29 is 9.53 Å². The maximum Gasteiger partial charge on any atom is 0.241 e. The van der Waals surface area contributed by atoms with Crippen LogP contribution in [-0.2, 0) is 17.0 Å². The molecule has 0 aliphatic rings. The van der Waals surface area contributed by atoms with Gasteiger partial charge in [-0.2, -0.15) is 0 Å². The lowest BCUT2D eigenvalue weighted by Crippen LogP contribution is -2.37. The van der Waals surface area contributed by atoms with Crippen LogP contribution in [0.3, 0.4) is 0 Å². The van der Waals surface area contributed by atoms with Crippen molar-refractivity contribution in [3.8, 4) is 5.75 Å². The van der Waals surface area contributed by atoms with Crippen LogP contribution in [0.4, 0.5) is 5.69 Å². The van der Waals surface area contributed by atoms with Gasteiger partial charge in [-0.1, -0.05) is 60.7 Å². The number of carbonyl (C=O) groups excluding carboxylic acids is 1. The fourth-order valence-electron chi connectivity index (χ4n) is 2.80. The Hall–Kier alpha value is -2.47. The maximum atomic E-state index is 12.4. The predicted octanol–water partition coefficient (Wildman–Crippen LogP) is 4.92. The first-order chi connectivity index (χ1) is 13.7. The summed E-state index contributed by atoms with van der Waals surface area (Å²) in [6.07, 6.45) is 0.495. The quantitative estimate of drug-likeness (QED) is 0.500. The van der Waals surface area contributed by atoms with Crippen LogP contribution in [0.25, 0.3) is 0 Å². The lowest BCUT2D eigenvalue weighted by molar-refractivity contribution is -0.117. The number of benzene rings is 3. The number of amides is 1. The molecule has 29 heavy (non-hydrogen) atoms. The molecule has 6 heteroatoms. The molecule has 4 nitrogen and oxygen atoms in total. The minimum Gasteiger partial charge on any atom is -0.496 e. The van der Waals surface area contributed by atoms with E-state index in [1.807, 2.05) is 66.7 Å². The molecule has 0 bridgehead atoms. The second kappa shape index (κ2) is 11.5. The summed E-state index contributed by atoms with van der Waals surface area (Å²) in [5.74, 6) is 1.37. The highest BCUT2D eigenvalue weighted by atomic mass is 35.5. The van der Waals surface area contributed by atoms with Crippen LogP contribution >= 0.6 is 24.2 Å². The topological polar surface area (TPSA) is 64.3 Å². The molecule has 3 rings (SSSR count). The first-order valence-corrected chi connectivity index (χ1v) is 10.1. The maximum absolute atomic E-state index is 12.4. The summed E-state index contributed by atoms with van der Waals surface area (Å²) in [7, 11) is 1.63. The molecule has 0 aliphatic carbocycles. The first kappa shape index (κ1) is 22.8. The molecule has 0 aromatic heterocycles. The van der Waals surface area contributed by atoms with Crippen LogP contribution < -0.4 is 15.8 Å². The number of hydrogen-bond acceptors (Lipinski definition) is 4. The number of ether oxygens (including phenoxy) is 1. The van der Waals surface area contributed by atoms with E-state index in [1.54, 1.807) is 18.9 Å². The van der Waals surface area contributed by atoms with Gasteiger partial charge in [-0.15, -0.1) is 24.2 Å². The summed E-state index contributed by atoms with van der Waals surface area (Å²) < 4.78 is 5.51. The summed E-state index contributed by atoms with van der Waals surface area (Å²) >= 11 is 1.70. The zero-order valence-corrected chi connectivity index (χ0v) is 17.8. The Kier molecular flexibility index (Phi) is 9.06. The Morgan fingerprint density at radius 1 is 1.00 bits per heavy atom. The minimum absolute atomic E-state index is 0. The average Bonchev–Trinajstić information content (AvgIpc) is 2.74. The molecule has 3 N–H and O–H groups in total. The normalized spacial score (nSPS) is 11.2. The minimum atomic E-state index is -0.611. The summed E-state index contributed by atoms with van der Waals surface area (Å²) in [6, 6.07) is 25.1. The van der Waals surface area contributed by atoms with E-state index in [2.05, 4.69) is 17.4 Å². The van der Waals surface area contributed by atoms with Gasteiger partial charge in [0, 0.05) is 22.4 Å². The Morgan fingerprint density at radius 3 is 2.24 bits per heavy atom. The summed E-state index contributed by atoms with van der Waals surface area (Å²) in [5, 5.41) is 2.88. The van der Waals surface area contributed by atoms with Crippen LogP contribution in [0.5, 0.6) is 5.75 Å². The Labute approximate surface area is 182 Å². The highest BCUT2D eigenvalue weighted by Crippen LogP contribution is 2.33. The van der Waals surface area contributed by atoms with Crippen molar-refractivity contribution in [2.45, 2.75) is 23.1 Å². The van der Waals surface area contributed by atoms with E-state index in [0.29, 0.717) is 12.1 Å². The van der Waals surface area contributed by atoms with Gasteiger partial charge in [0.25, 0.3) is 0 Å². The van der Waals surface area contributed by atoms with Gasteiger partial charge in [0.2, 0.25) is 5.91 Å². The number of thioether (sulfide) groups is 1. The molecule has 3 aromatic carbocycles. The summed E-state index contributed by atoms with van der Waals surface area (Å²) in [4.78, 5) is 13.5. The molecule has 0 spiro atoms. The number of methoxy groups -OCH3 is 1. The number of carbonyl (C=O) groups is 1. The van der Waals surface area contributed by atoms with Gasteiger partial charge in [-0.25, -0.2) is 0 Å². The molecule has 3 aromatic rings. The number of anilines is 1. The van der Waals surface area contributed by atoms with Gasteiger partial charge in [-0.05, 0) is 29.7 Å². The Bertz CT molecular complexity index is 907. The molecule has 1 unspecified atom stereocenters. The predicted molar refractivity (Wildman–Crippen MR) is 123 cm³/mol. The molecule has 0 heterocycles. The zero-order chi connectivity index (χ0) is 19.8. The van der Waals surface area contributed by atoms with Crippen LogP contribution in [-0.4, -0.2) is 19.1 Å². The molecular weight excluding hydrogens is 404 g/mol. The van der Waals surface area contributed by atoms with E-state index in [0.717, 1.165) is 22.0 Å². The van der Waals surface area contributed by atoms with E-state index in [-0.39, 0.29) is 18.3 Å². The van der Waals surface area contributed by atoms with Crippen molar-refractivity contribution in [3.05, 3.63) is 90.0 Å². The highest BCUT2D eigenvalue weighted by Gasteiger charge is 2.15. The average molecular weight is 429 g/mol. The second-order valence-electron chi connectivity index (χ2n) is 6.43.